The van der Waals surface area contributed by atoms with Crippen molar-refractivity contribution in [2.45, 2.75) is 5.60 Å². The first-order valence-corrected chi connectivity index (χ1v) is 8.75. The van der Waals surface area contributed by atoms with E-state index < -0.39 is 11.6 Å². The fourth-order valence-corrected chi connectivity index (χ4v) is 3.97. The zero-order chi connectivity index (χ0) is 19.5. The van der Waals surface area contributed by atoms with E-state index in [2.05, 4.69) is 10.2 Å². The molecule has 0 aromatic heterocycles. The van der Waals surface area contributed by atoms with Crippen molar-refractivity contribution >= 4 is 29.0 Å². The van der Waals surface area contributed by atoms with Crippen LogP contribution in [0.5, 0.6) is 23.0 Å². The fraction of sp³-hybridized carbons (Fsp3) is 0.0476. The van der Waals surface area contributed by atoms with Crippen LogP contribution in [0.15, 0.2) is 59.6 Å². The summed E-state index contributed by atoms with van der Waals surface area (Å²) in [6.45, 7) is 0. The van der Waals surface area contributed by atoms with Crippen molar-refractivity contribution in [1.29, 1.82) is 0 Å². The number of hydrogen-bond acceptors (Lipinski definition) is 7. The minimum absolute atomic E-state index is 0. The topological polar surface area (TPSA) is 88.4 Å². The van der Waals surface area contributed by atoms with Gasteiger partial charge in [-0.05, 0) is 42.5 Å². The molecule has 0 amide bonds. The standard InChI is InChI=1S/C21H11NO5S.Ar/c23-11-4-6-13-17(8-11)26-18-9-12(24)5-7-14(18)21(13)15-2-1-3-16(22-10-28)19(15)20(25)27-21;/h1-9,23-24H;. The number of rotatable bonds is 1. The number of carbonyl (C=O) groups is 1. The number of nitrogens with zero attached hydrogens (tertiary/aromatic N) is 1. The molecule has 2 N–H and O–H groups in total. The molecule has 144 valence electrons. The van der Waals surface area contributed by atoms with E-state index >= 15 is 0 Å². The molecule has 1 spiro atoms. The number of fused-ring (bicyclic) bond motifs is 6. The van der Waals surface area contributed by atoms with Gasteiger partial charge >= 0.3 is 5.97 Å². The third-order valence-electron chi connectivity index (χ3n) is 4.95. The van der Waals surface area contributed by atoms with E-state index in [4.69, 9.17) is 21.7 Å². The fourth-order valence-electron chi connectivity index (χ4n) is 3.87. The summed E-state index contributed by atoms with van der Waals surface area (Å²) in [4.78, 5) is 16.9. The number of aliphatic imine (C=N–C) groups is 1. The van der Waals surface area contributed by atoms with Crippen LogP contribution >= 0.6 is 12.2 Å². The average molecular weight is 429 g/mol. The van der Waals surface area contributed by atoms with Gasteiger partial charge in [-0.3, -0.25) is 0 Å². The minimum Gasteiger partial charge on any atom is -0.508 e. The summed E-state index contributed by atoms with van der Waals surface area (Å²) < 4.78 is 11.9. The molecule has 2 heterocycles. The molecule has 8 heteroatoms. The number of aromatic hydroxyl groups is 2. The molecule has 2 aliphatic rings. The van der Waals surface area contributed by atoms with Crippen LogP contribution in [-0.2, 0) is 10.3 Å². The van der Waals surface area contributed by atoms with E-state index in [-0.39, 0.29) is 49.2 Å². The second kappa shape index (κ2) is 7.13. The van der Waals surface area contributed by atoms with Crippen molar-refractivity contribution in [3.63, 3.8) is 0 Å². The number of carbonyl (C=O) groups excluding carboxylic acids is 1. The van der Waals surface area contributed by atoms with Crippen LogP contribution in [-0.4, -0.2) is 21.3 Å². The molecule has 3 aromatic rings. The summed E-state index contributed by atoms with van der Waals surface area (Å²) in [5.41, 5.74) is 1.04. The minimum atomic E-state index is -1.30. The van der Waals surface area contributed by atoms with Gasteiger partial charge < -0.3 is 19.7 Å². The number of phenolic OH excluding ortho intramolecular Hbond substituents is 2. The first-order chi connectivity index (χ1) is 13.5. The molecule has 29 heavy (non-hydrogen) atoms. The van der Waals surface area contributed by atoms with Crippen LogP contribution in [0.25, 0.3) is 0 Å². The molecular weight excluding hydrogens is 418 g/mol. The summed E-state index contributed by atoms with van der Waals surface area (Å²) in [7, 11) is 0. The van der Waals surface area contributed by atoms with Crippen LogP contribution in [0.2, 0.25) is 0 Å². The quantitative estimate of drug-likeness (QED) is 0.339. The predicted octanol–water partition coefficient (Wildman–Crippen LogP) is 4.40. The van der Waals surface area contributed by atoms with E-state index in [0.29, 0.717) is 39.4 Å². The van der Waals surface area contributed by atoms with Crippen molar-refractivity contribution < 1.29 is 62.2 Å². The Labute approximate surface area is 200 Å². The van der Waals surface area contributed by atoms with E-state index in [9.17, 15) is 15.0 Å². The van der Waals surface area contributed by atoms with E-state index in [0.717, 1.165) is 0 Å². The van der Waals surface area contributed by atoms with E-state index in [1.165, 1.54) is 24.3 Å². The maximum Gasteiger partial charge on any atom is 0.342 e. The number of isothiocyanates is 1. The third kappa shape index (κ3) is 2.78. The number of hydrogen-bond donors (Lipinski definition) is 2. The van der Waals surface area contributed by atoms with Gasteiger partial charge in [0.15, 0.2) is 5.60 Å². The molecule has 5 rings (SSSR count). The Hall–Kier alpha value is -2.41. The zero-order valence-electron chi connectivity index (χ0n) is 14.5. The van der Waals surface area contributed by atoms with Crippen LogP contribution in [0.3, 0.4) is 0 Å². The Bertz CT molecular complexity index is 1180. The molecule has 0 aliphatic carbocycles. The third-order valence-corrected chi connectivity index (χ3v) is 5.04. The summed E-state index contributed by atoms with van der Waals surface area (Å²) in [5.74, 6) is 0.0896. The number of benzene rings is 3. The Kier molecular flexibility index (Phi) is 4.89. The molecule has 6 nitrogen and oxygen atoms in total. The van der Waals surface area contributed by atoms with Gasteiger partial charge in [0.25, 0.3) is 0 Å². The molecule has 0 saturated carbocycles. The number of phenols is 2. The van der Waals surface area contributed by atoms with E-state index in [1.54, 1.807) is 30.3 Å². The molecule has 0 fully saturated rings. The maximum atomic E-state index is 12.9. The Morgan fingerprint density at radius 3 is 2.14 bits per heavy atom. The van der Waals surface area contributed by atoms with Crippen molar-refractivity contribution in [1.82, 2.24) is 0 Å². The molecule has 0 saturated heterocycles. The number of ether oxygens (including phenoxy) is 2. The molecule has 0 atom stereocenters. The monoisotopic (exact) mass is 429 g/mol. The molecular formula is C21H11ArNO5S. The second-order valence-corrected chi connectivity index (χ2v) is 6.62. The van der Waals surface area contributed by atoms with Crippen LogP contribution < -0.4 is 4.74 Å². The smallest absolute Gasteiger partial charge is 0.342 e. The molecule has 0 bridgehead atoms. The summed E-state index contributed by atoms with van der Waals surface area (Å²) in [5, 5.41) is 22.1. The van der Waals surface area contributed by atoms with Gasteiger partial charge in [-0.15, -0.1) is 0 Å². The van der Waals surface area contributed by atoms with Gasteiger partial charge in [-0.25, -0.2) is 4.79 Å². The Morgan fingerprint density at radius 2 is 1.55 bits per heavy atom. The molecule has 0 unspecified atom stereocenters. The largest absolute Gasteiger partial charge is 0.508 e. The first-order valence-electron chi connectivity index (χ1n) is 8.34. The van der Waals surface area contributed by atoms with Gasteiger partial charge in [0.1, 0.15) is 23.0 Å². The Balaban J connectivity index is 0.00000205. The van der Waals surface area contributed by atoms with Crippen LogP contribution in [0.1, 0.15) is 27.0 Å². The van der Waals surface area contributed by atoms with Crippen LogP contribution in [0.4, 0.5) is 5.69 Å². The summed E-state index contributed by atoms with van der Waals surface area (Å²) in [6.07, 6.45) is 0. The summed E-state index contributed by atoms with van der Waals surface area (Å²) in [6, 6.07) is 14.4. The maximum absolute atomic E-state index is 12.9. The zero-order valence-corrected chi connectivity index (χ0v) is 16.0. The van der Waals surface area contributed by atoms with Gasteiger partial charge in [-0.2, -0.15) is 4.99 Å². The van der Waals surface area contributed by atoms with Crippen molar-refractivity contribution in [2.24, 2.45) is 4.99 Å². The van der Waals surface area contributed by atoms with Crippen molar-refractivity contribution in [3.05, 3.63) is 76.9 Å². The Morgan fingerprint density at radius 1 is 0.931 bits per heavy atom. The van der Waals surface area contributed by atoms with Crippen molar-refractivity contribution in [3.8, 4) is 23.0 Å². The molecule has 0 radical (unpaired) electrons. The van der Waals surface area contributed by atoms with Crippen LogP contribution in [0, 0.1) is 37.7 Å². The molecule has 3 aromatic carbocycles. The van der Waals surface area contributed by atoms with Crippen molar-refractivity contribution in [2.75, 3.05) is 0 Å². The van der Waals surface area contributed by atoms with Gasteiger partial charge in [0.2, 0.25) is 0 Å². The normalized spacial score (nSPS) is 14.4. The summed E-state index contributed by atoms with van der Waals surface area (Å²) >= 11 is 4.70. The van der Waals surface area contributed by atoms with E-state index in [1.807, 2.05) is 0 Å². The van der Waals surface area contributed by atoms with Gasteiger partial charge in [0.05, 0.1) is 16.4 Å². The molecule has 2 aliphatic heterocycles. The average Bonchev–Trinajstić information content (AvgIpc) is 2.96. The predicted molar refractivity (Wildman–Crippen MR) is 103 cm³/mol. The number of esters is 1. The SMILES string of the molecule is O=C1OC2(c3ccc(O)cc3Oc3cc(O)ccc32)c2cccc(N=C=S)c21.[Ar]. The first kappa shape index (κ1) is 19.9. The number of thiocarbonyl (C=S) groups is 1. The van der Waals surface area contributed by atoms with Gasteiger partial charge in [0, 0.05) is 66.6 Å². The second-order valence-electron chi connectivity index (χ2n) is 6.44. The van der Waals surface area contributed by atoms with Gasteiger partial charge in [-0.1, -0.05) is 12.1 Å².